The van der Waals surface area contributed by atoms with Gasteiger partial charge >= 0.3 is 0 Å². The lowest BCUT2D eigenvalue weighted by Gasteiger charge is -2.23. The summed E-state index contributed by atoms with van der Waals surface area (Å²) in [6.07, 6.45) is 2.08. The average molecular weight is 452 g/mol. The highest BCUT2D eigenvalue weighted by molar-refractivity contribution is 5.92. The van der Waals surface area contributed by atoms with Crippen molar-refractivity contribution in [1.29, 1.82) is 0 Å². The smallest absolute Gasteiger partial charge is 0.258 e. The van der Waals surface area contributed by atoms with Crippen molar-refractivity contribution in [3.8, 4) is 28.5 Å². The quantitative estimate of drug-likeness (QED) is 0.478. The molecule has 1 aromatic heterocycles. The molecule has 176 valence electrons. The number of aromatic amines is 1. The van der Waals surface area contributed by atoms with Crippen molar-refractivity contribution < 1.29 is 19.0 Å². The zero-order valence-corrected chi connectivity index (χ0v) is 19.8. The lowest BCUT2D eigenvalue weighted by Crippen LogP contribution is -2.46. The van der Waals surface area contributed by atoms with E-state index in [-0.39, 0.29) is 24.5 Å². The Morgan fingerprint density at radius 2 is 1.94 bits per heavy atom. The molecule has 1 fully saturated rings. The zero-order chi connectivity index (χ0) is 23.4. The molecule has 0 saturated carbocycles. The average Bonchev–Trinajstić information content (AvgIpc) is 3.22. The molecule has 7 heteroatoms. The van der Waals surface area contributed by atoms with Crippen LogP contribution in [0.2, 0.25) is 0 Å². The molecule has 3 N–H and O–H groups in total. The first-order valence-electron chi connectivity index (χ1n) is 11.5. The second-order valence-electron chi connectivity index (χ2n) is 8.74. The molecule has 1 saturated heterocycles. The summed E-state index contributed by atoms with van der Waals surface area (Å²) >= 11 is 0. The van der Waals surface area contributed by atoms with Gasteiger partial charge in [-0.2, -0.15) is 0 Å². The molecule has 0 bridgehead atoms. The van der Waals surface area contributed by atoms with Crippen molar-refractivity contribution in [2.45, 2.75) is 38.6 Å². The number of amides is 1. The molecule has 0 unspecified atom stereocenters. The van der Waals surface area contributed by atoms with E-state index in [1.165, 1.54) is 5.56 Å². The first kappa shape index (κ1) is 23.0. The second kappa shape index (κ2) is 10.2. The standard InChI is InChI=1S/C26H33N3O4/c1-16(2)25-20-13-19(33-15-24(30)28-18-6-5-11-27-14-18)8-9-21(20)29-26(25)17-7-10-22(31-3)23(12-17)32-4/h7-10,12-13,16,18,27,29H,5-6,11,14-15H2,1-4H3,(H,28,30)/t18-/m1/s1. The number of aromatic nitrogens is 1. The molecule has 1 atom stereocenters. The third-order valence-corrected chi connectivity index (χ3v) is 6.09. The number of rotatable bonds is 8. The molecule has 1 aliphatic rings. The van der Waals surface area contributed by atoms with E-state index < -0.39 is 0 Å². The third kappa shape index (κ3) is 5.09. The minimum Gasteiger partial charge on any atom is -0.493 e. The van der Waals surface area contributed by atoms with Crippen molar-refractivity contribution in [3.05, 3.63) is 42.0 Å². The maximum Gasteiger partial charge on any atom is 0.258 e. The minimum absolute atomic E-state index is 0.00593. The number of H-pyrrole nitrogens is 1. The molecule has 0 spiro atoms. The lowest BCUT2D eigenvalue weighted by molar-refractivity contribution is -0.123. The van der Waals surface area contributed by atoms with Crippen molar-refractivity contribution in [1.82, 2.24) is 15.6 Å². The van der Waals surface area contributed by atoms with Gasteiger partial charge in [0.2, 0.25) is 0 Å². The Bertz CT molecular complexity index is 1120. The van der Waals surface area contributed by atoms with Gasteiger partial charge in [0.05, 0.1) is 19.9 Å². The van der Waals surface area contributed by atoms with Gasteiger partial charge in [-0.1, -0.05) is 13.8 Å². The SMILES string of the molecule is COc1ccc(-c2[nH]c3ccc(OCC(=O)N[C@@H]4CCCNC4)cc3c2C(C)C)cc1OC. The first-order valence-corrected chi connectivity index (χ1v) is 11.5. The van der Waals surface area contributed by atoms with Gasteiger partial charge < -0.3 is 29.8 Å². The fourth-order valence-electron chi connectivity index (χ4n) is 4.49. The number of hydrogen-bond donors (Lipinski definition) is 3. The fraction of sp³-hybridized carbons (Fsp3) is 0.423. The number of carbonyl (C=O) groups excluding carboxylic acids is 1. The molecule has 0 radical (unpaired) electrons. The molecule has 1 aliphatic heterocycles. The minimum atomic E-state index is -0.0898. The largest absolute Gasteiger partial charge is 0.493 e. The molecule has 7 nitrogen and oxygen atoms in total. The number of fused-ring (bicyclic) bond motifs is 1. The highest BCUT2D eigenvalue weighted by Crippen LogP contribution is 2.39. The van der Waals surface area contributed by atoms with Crippen molar-refractivity contribution in [3.63, 3.8) is 0 Å². The topological polar surface area (TPSA) is 84.6 Å². The molecular formula is C26H33N3O4. The summed E-state index contributed by atoms with van der Waals surface area (Å²) in [4.78, 5) is 15.9. The van der Waals surface area contributed by atoms with Crippen LogP contribution >= 0.6 is 0 Å². The number of hydrogen-bond acceptors (Lipinski definition) is 5. The van der Waals surface area contributed by atoms with Crippen LogP contribution in [0.5, 0.6) is 17.2 Å². The highest BCUT2D eigenvalue weighted by Gasteiger charge is 2.19. The van der Waals surface area contributed by atoms with Crippen LogP contribution in [0.25, 0.3) is 22.2 Å². The molecule has 33 heavy (non-hydrogen) atoms. The summed E-state index contributed by atoms with van der Waals surface area (Å²) in [5.41, 5.74) is 4.28. The predicted molar refractivity (Wildman–Crippen MR) is 130 cm³/mol. The van der Waals surface area contributed by atoms with Gasteiger partial charge in [-0.3, -0.25) is 4.79 Å². The number of benzene rings is 2. The number of nitrogens with one attached hydrogen (secondary N) is 3. The second-order valence-corrected chi connectivity index (χ2v) is 8.74. The normalized spacial score (nSPS) is 16.1. The lowest BCUT2D eigenvalue weighted by atomic mass is 9.96. The summed E-state index contributed by atoms with van der Waals surface area (Å²) in [5.74, 6) is 2.25. The van der Waals surface area contributed by atoms with E-state index in [0.29, 0.717) is 17.2 Å². The van der Waals surface area contributed by atoms with Gasteiger partial charge in [0, 0.05) is 29.1 Å². The maximum atomic E-state index is 12.3. The Kier molecular flexibility index (Phi) is 7.08. The Morgan fingerprint density at radius 1 is 1.12 bits per heavy atom. The zero-order valence-electron chi connectivity index (χ0n) is 19.8. The van der Waals surface area contributed by atoms with E-state index in [1.807, 2.05) is 36.4 Å². The van der Waals surface area contributed by atoms with Crippen LogP contribution in [0.3, 0.4) is 0 Å². The van der Waals surface area contributed by atoms with Crippen LogP contribution in [0, 0.1) is 0 Å². The van der Waals surface area contributed by atoms with Gasteiger partial charge in [0.25, 0.3) is 5.91 Å². The molecule has 2 aromatic carbocycles. The molecule has 3 aromatic rings. The van der Waals surface area contributed by atoms with E-state index >= 15 is 0 Å². The predicted octanol–water partition coefficient (Wildman–Crippen LogP) is 4.22. The Balaban J connectivity index is 1.57. The highest BCUT2D eigenvalue weighted by atomic mass is 16.5. The summed E-state index contributed by atoms with van der Waals surface area (Å²) < 4.78 is 16.7. The molecule has 2 heterocycles. The Hall–Kier alpha value is -3.19. The van der Waals surface area contributed by atoms with E-state index in [0.717, 1.165) is 48.1 Å². The number of ether oxygens (including phenoxy) is 3. The summed E-state index contributed by atoms with van der Waals surface area (Å²) in [7, 11) is 3.27. The summed E-state index contributed by atoms with van der Waals surface area (Å²) in [5, 5.41) is 7.44. The first-order chi connectivity index (χ1) is 16.0. The van der Waals surface area contributed by atoms with Crippen LogP contribution in [0.15, 0.2) is 36.4 Å². The maximum absolute atomic E-state index is 12.3. The monoisotopic (exact) mass is 451 g/mol. The van der Waals surface area contributed by atoms with Gasteiger partial charge in [-0.15, -0.1) is 0 Å². The van der Waals surface area contributed by atoms with Crippen LogP contribution < -0.4 is 24.8 Å². The Labute approximate surface area is 194 Å². The molecule has 1 amide bonds. The van der Waals surface area contributed by atoms with E-state index in [4.69, 9.17) is 14.2 Å². The Morgan fingerprint density at radius 3 is 2.64 bits per heavy atom. The van der Waals surface area contributed by atoms with Gasteiger partial charge in [-0.05, 0) is 67.3 Å². The van der Waals surface area contributed by atoms with Crippen LogP contribution in [-0.2, 0) is 4.79 Å². The summed E-state index contributed by atoms with van der Waals surface area (Å²) in [6, 6.07) is 12.0. The summed E-state index contributed by atoms with van der Waals surface area (Å²) in [6.45, 7) is 6.19. The van der Waals surface area contributed by atoms with Crippen LogP contribution in [-0.4, -0.2) is 50.8 Å². The number of piperidine rings is 1. The van der Waals surface area contributed by atoms with Gasteiger partial charge in [0.15, 0.2) is 18.1 Å². The number of methoxy groups -OCH3 is 2. The van der Waals surface area contributed by atoms with Gasteiger partial charge in [0.1, 0.15) is 5.75 Å². The third-order valence-electron chi connectivity index (χ3n) is 6.09. The molecular weight excluding hydrogens is 418 g/mol. The molecule has 0 aliphatic carbocycles. The van der Waals surface area contributed by atoms with E-state index in [9.17, 15) is 4.79 Å². The van der Waals surface area contributed by atoms with Crippen molar-refractivity contribution in [2.75, 3.05) is 33.9 Å². The van der Waals surface area contributed by atoms with E-state index in [1.54, 1.807) is 14.2 Å². The fourth-order valence-corrected chi connectivity index (χ4v) is 4.49. The molecule has 4 rings (SSSR count). The van der Waals surface area contributed by atoms with Crippen molar-refractivity contribution >= 4 is 16.8 Å². The van der Waals surface area contributed by atoms with Crippen molar-refractivity contribution in [2.24, 2.45) is 0 Å². The van der Waals surface area contributed by atoms with E-state index in [2.05, 4.69) is 29.5 Å². The number of carbonyl (C=O) groups is 1. The van der Waals surface area contributed by atoms with Crippen LogP contribution in [0.1, 0.15) is 38.2 Å². The van der Waals surface area contributed by atoms with Crippen LogP contribution in [0.4, 0.5) is 0 Å². The van der Waals surface area contributed by atoms with Gasteiger partial charge in [-0.25, -0.2) is 0 Å².